The molecule has 0 amide bonds. The minimum atomic E-state index is -0.670. The number of hydrogen-bond acceptors (Lipinski definition) is 4. The van der Waals surface area contributed by atoms with Gasteiger partial charge in [-0.1, -0.05) is 28.1 Å². The van der Waals surface area contributed by atoms with Crippen molar-refractivity contribution in [2.45, 2.75) is 6.10 Å². The lowest BCUT2D eigenvalue weighted by molar-refractivity contribution is 0.0212. The summed E-state index contributed by atoms with van der Waals surface area (Å²) in [6.45, 7) is 0.756. The zero-order chi connectivity index (χ0) is 13.2. The summed E-state index contributed by atoms with van der Waals surface area (Å²) in [6, 6.07) is 7.39. The number of aliphatic hydroxyl groups excluding tert-OH is 2. The van der Waals surface area contributed by atoms with Crippen molar-refractivity contribution in [3.8, 4) is 5.75 Å². The molecule has 0 unspecified atom stereocenters. The molecule has 0 heterocycles. The van der Waals surface area contributed by atoms with E-state index in [1.54, 1.807) is 12.2 Å². The van der Waals surface area contributed by atoms with Gasteiger partial charge in [-0.05, 0) is 24.3 Å². The van der Waals surface area contributed by atoms with Crippen molar-refractivity contribution in [2.24, 2.45) is 0 Å². The predicted octanol–water partition coefficient (Wildman–Crippen LogP) is 1.75. The smallest absolute Gasteiger partial charge is 0.119 e. The van der Waals surface area contributed by atoms with Crippen molar-refractivity contribution in [1.29, 1.82) is 0 Å². The van der Waals surface area contributed by atoms with E-state index in [4.69, 9.17) is 14.6 Å². The van der Waals surface area contributed by atoms with Crippen LogP contribution in [0.3, 0.4) is 0 Å². The minimum absolute atomic E-state index is 0.00140. The molecule has 2 N–H and O–H groups in total. The van der Waals surface area contributed by atoms with Crippen LogP contribution in [0.4, 0.5) is 0 Å². The molecule has 0 bridgehead atoms. The lowest BCUT2D eigenvalue weighted by atomic mass is 10.3. The van der Waals surface area contributed by atoms with E-state index in [2.05, 4.69) is 15.9 Å². The first-order chi connectivity index (χ1) is 8.72. The van der Waals surface area contributed by atoms with Crippen LogP contribution >= 0.6 is 15.9 Å². The quantitative estimate of drug-likeness (QED) is 0.566. The van der Waals surface area contributed by atoms with Crippen LogP contribution in [0.15, 0.2) is 40.9 Å². The van der Waals surface area contributed by atoms with Gasteiger partial charge < -0.3 is 19.7 Å². The molecule has 0 aromatic heterocycles. The highest BCUT2D eigenvalue weighted by molar-refractivity contribution is 9.10. The van der Waals surface area contributed by atoms with Gasteiger partial charge in [0.15, 0.2) is 0 Å². The Bertz CT molecular complexity index is 351. The van der Waals surface area contributed by atoms with Gasteiger partial charge >= 0.3 is 0 Å². The summed E-state index contributed by atoms with van der Waals surface area (Å²) in [7, 11) is 0. The van der Waals surface area contributed by atoms with Gasteiger partial charge in [0.25, 0.3) is 0 Å². The first-order valence-electron chi connectivity index (χ1n) is 5.62. The molecule has 1 atom stereocenters. The van der Waals surface area contributed by atoms with Crippen LogP contribution in [0.25, 0.3) is 0 Å². The Morgan fingerprint density at radius 3 is 2.56 bits per heavy atom. The number of benzene rings is 1. The van der Waals surface area contributed by atoms with E-state index in [0.717, 1.165) is 4.47 Å². The minimum Gasteiger partial charge on any atom is -0.491 e. The van der Waals surface area contributed by atoms with E-state index in [1.165, 1.54) is 0 Å². The zero-order valence-corrected chi connectivity index (χ0v) is 11.5. The molecule has 1 aromatic rings. The summed E-state index contributed by atoms with van der Waals surface area (Å²) >= 11 is 3.33. The number of aliphatic hydroxyl groups is 2. The van der Waals surface area contributed by atoms with Crippen LogP contribution in [0, 0.1) is 0 Å². The number of hydrogen-bond donors (Lipinski definition) is 2. The Labute approximate surface area is 115 Å². The molecule has 0 fully saturated rings. The van der Waals surface area contributed by atoms with Gasteiger partial charge in [0.2, 0.25) is 0 Å². The van der Waals surface area contributed by atoms with E-state index >= 15 is 0 Å². The molecule has 0 saturated carbocycles. The van der Waals surface area contributed by atoms with Crippen LogP contribution in [0.1, 0.15) is 0 Å². The van der Waals surface area contributed by atoms with Crippen LogP contribution in [-0.2, 0) is 4.74 Å². The summed E-state index contributed by atoms with van der Waals surface area (Å²) in [6.07, 6.45) is 2.61. The highest BCUT2D eigenvalue weighted by Gasteiger charge is 2.04. The third-order valence-corrected chi connectivity index (χ3v) is 2.58. The molecule has 100 valence electrons. The Balaban J connectivity index is 2.14. The zero-order valence-electron chi connectivity index (χ0n) is 9.96. The maximum absolute atomic E-state index is 9.59. The summed E-state index contributed by atoms with van der Waals surface area (Å²) in [4.78, 5) is 0. The van der Waals surface area contributed by atoms with Crippen molar-refractivity contribution in [3.63, 3.8) is 0 Å². The lowest BCUT2D eigenvalue weighted by Gasteiger charge is -2.12. The molecule has 5 heteroatoms. The molecular formula is C13H17BrO4. The third-order valence-electron chi connectivity index (χ3n) is 2.05. The Morgan fingerprint density at radius 1 is 1.17 bits per heavy atom. The third kappa shape index (κ3) is 6.76. The van der Waals surface area contributed by atoms with Gasteiger partial charge in [0.05, 0.1) is 19.8 Å². The summed E-state index contributed by atoms with van der Waals surface area (Å²) < 4.78 is 11.5. The highest BCUT2D eigenvalue weighted by atomic mass is 79.9. The molecule has 18 heavy (non-hydrogen) atoms. The molecule has 0 aliphatic rings. The fourth-order valence-electron chi connectivity index (χ4n) is 1.19. The SMILES string of the molecule is OC/C=C\COC[C@H](O)COc1ccc(Br)cc1. The summed E-state index contributed by atoms with van der Waals surface area (Å²) in [5.41, 5.74) is 0. The lowest BCUT2D eigenvalue weighted by Crippen LogP contribution is -2.23. The standard InChI is InChI=1S/C13H17BrO4/c14-11-3-5-13(6-4-11)18-10-12(16)9-17-8-2-1-7-15/h1-6,12,15-16H,7-10H2/b2-1-/t12-/m0/s1. The second-order valence-electron chi connectivity index (χ2n) is 3.61. The van der Waals surface area contributed by atoms with E-state index in [1.807, 2.05) is 24.3 Å². The highest BCUT2D eigenvalue weighted by Crippen LogP contribution is 2.16. The maximum atomic E-state index is 9.59. The molecule has 4 nitrogen and oxygen atoms in total. The number of rotatable bonds is 8. The topological polar surface area (TPSA) is 58.9 Å². The monoisotopic (exact) mass is 316 g/mol. The summed E-state index contributed by atoms with van der Waals surface area (Å²) in [5, 5.41) is 18.1. The van der Waals surface area contributed by atoms with Crippen molar-refractivity contribution < 1.29 is 19.7 Å². The van der Waals surface area contributed by atoms with Crippen LogP contribution < -0.4 is 4.74 Å². The predicted molar refractivity (Wildman–Crippen MR) is 72.7 cm³/mol. The normalized spacial score (nSPS) is 12.8. The van der Waals surface area contributed by atoms with Crippen molar-refractivity contribution in [3.05, 3.63) is 40.9 Å². The van der Waals surface area contributed by atoms with Gasteiger partial charge in [-0.15, -0.1) is 0 Å². The molecular weight excluding hydrogens is 300 g/mol. The first-order valence-corrected chi connectivity index (χ1v) is 6.41. The first kappa shape index (κ1) is 15.2. The molecule has 0 radical (unpaired) electrons. The molecule has 1 rings (SSSR count). The van der Waals surface area contributed by atoms with Crippen molar-refractivity contribution in [2.75, 3.05) is 26.4 Å². The van der Waals surface area contributed by atoms with Gasteiger partial charge in [-0.2, -0.15) is 0 Å². The number of ether oxygens (including phenoxy) is 2. The van der Waals surface area contributed by atoms with Gasteiger partial charge in [0, 0.05) is 4.47 Å². The van der Waals surface area contributed by atoms with Crippen LogP contribution in [0.5, 0.6) is 5.75 Å². The Kier molecular flexibility index (Phi) is 7.68. The molecule has 0 aliphatic heterocycles. The second-order valence-corrected chi connectivity index (χ2v) is 4.53. The molecule has 1 aromatic carbocycles. The van der Waals surface area contributed by atoms with Gasteiger partial charge in [0.1, 0.15) is 18.5 Å². The van der Waals surface area contributed by atoms with Gasteiger partial charge in [-0.3, -0.25) is 0 Å². The average Bonchev–Trinajstić information content (AvgIpc) is 2.38. The largest absolute Gasteiger partial charge is 0.491 e. The average molecular weight is 317 g/mol. The Morgan fingerprint density at radius 2 is 1.89 bits per heavy atom. The van der Waals surface area contributed by atoms with E-state index < -0.39 is 6.10 Å². The second kappa shape index (κ2) is 9.10. The van der Waals surface area contributed by atoms with Crippen LogP contribution in [-0.4, -0.2) is 42.7 Å². The fraction of sp³-hybridized carbons (Fsp3) is 0.385. The van der Waals surface area contributed by atoms with Gasteiger partial charge in [-0.25, -0.2) is 0 Å². The van der Waals surface area contributed by atoms with E-state index in [-0.39, 0.29) is 19.8 Å². The maximum Gasteiger partial charge on any atom is 0.119 e. The molecule has 0 saturated heterocycles. The van der Waals surface area contributed by atoms with Crippen molar-refractivity contribution in [1.82, 2.24) is 0 Å². The number of halogens is 1. The molecule has 0 spiro atoms. The van der Waals surface area contributed by atoms with E-state index in [0.29, 0.717) is 12.4 Å². The molecule has 0 aliphatic carbocycles. The van der Waals surface area contributed by atoms with E-state index in [9.17, 15) is 5.11 Å². The summed E-state index contributed by atoms with van der Waals surface area (Å²) in [5.74, 6) is 0.706. The fourth-order valence-corrected chi connectivity index (χ4v) is 1.45. The Hall–Kier alpha value is -0.880. The van der Waals surface area contributed by atoms with Crippen molar-refractivity contribution >= 4 is 15.9 Å². The van der Waals surface area contributed by atoms with Crippen LogP contribution in [0.2, 0.25) is 0 Å².